The van der Waals surface area contributed by atoms with E-state index in [9.17, 15) is 9.59 Å². The molecule has 0 aliphatic heterocycles. The highest BCUT2D eigenvalue weighted by molar-refractivity contribution is 9.10. The molecule has 2 aromatic carbocycles. The van der Waals surface area contributed by atoms with Crippen molar-refractivity contribution in [3.63, 3.8) is 0 Å². The molecule has 0 radical (unpaired) electrons. The van der Waals surface area contributed by atoms with Gasteiger partial charge in [0.25, 0.3) is 0 Å². The van der Waals surface area contributed by atoms with Gasteiger partial charge in [0.2, 0.25) is 5.91 Å². The van der Waals surface area contributed by atoms with Crippen LogP contribution < -0.4 is 9.47 Å². The van der Waals surface area contributed by atoms with E-state index < -0.39 is 5.97 Å². The molecule has 0 N–H and O–H groups in total. The van der Waals surface area contributed by atoms with E-state index in [2.05, 4.69) is 15.9 Å². The highest BCUT2D eigenvalue weighted by Crippen LogP contribution is 2.25. The Morgan fingerprint density at radius 3 is 2.14 bits per heavy atom. The summed E-state index contributed by atoms with van der Waals surface area (Å²) in [6.45, 7) is 0.109. The van der Waals surface area contributed by atoms with E-state index >= 15 is 0 Å². The second kappa shape index (κ2) is 11.0. The van der Waals surface area contributed by atoms with Gasteiger partial charge in [-0.05, 0) is 42.0 Å². The smallest absolute Gasteiger partial charge is 0.325 e. The van der Waals surface area contributed by atoms with Crippen molar-refractivity contribution in [1.82, 2.24) is 4.90 Å². The SMILES string of the molecule is COC(=O)CN(Cc1cc(OC)cc(OC)c1)C(=O)CSc1ccc(Br)cc1. The van der Waals surface area contributed by atoms with E-state index in [0.717, 1.165) is 14.9 Å². The minimum atomic E-state index is -0.475. The summed E-state index contributed by atoms with van der Waals surface area (Å²) in [6.07, 6.45) is 0. The topological polar surface area (TPSA) is 65.1 Å². The number of hydrogen-bond acceptors (Lipinski definition) is 6. The lowest BCUT2D eigenvalue weighted by Crippen LogP contribution is -2.36. The van der Waals surface area contributed by atoms with Gasteiger partial charge in [0.1, 0.15) is 18.0 Å². The Bertz CT molecular complexity index is 790. The number of esters is 1. The number of ether oxygens (including phenoxy) is 3. The zero-order chi connectivity index (χ0) is 20.5. The normalized spacial score (nSPS) is 10.3. The molecule has 0 spiro atoms. The van der Waals surface area contributed by atoms with Gasteiger partial charge in [-0.15, -0.1) is 11.8 Å². The average Bonchev–Trinajstić information content (AvgIpc) is 2.72. The molecule has 0 aliphatic rings. The zero-order valence-electron chi connectivity index (χ0n) is 15.9. The van der Waals surface area contributed by atoms with Crippen LogP contribution in [0.4, 0.5) is 0 Å². The molecule has 0 saturated carbocycles. The number of amides is 1. The monoisotopic (exact) mass is 467 g/mol. The highest BCUT2D eigenvalue weighted by Gasteiger charge is 2.19. The van der Waals surface area contributed by atoms with Gasteiger partial charge in [0.15, 0.2) is 0 Å². The lowest BCUT2D eigenvalue weighted by atomic mass is 10.2. The molecule has 0 atom stereocenters. The largest absolute Gasteiger partial charge is 0.497 e. The van der Waals surface area contributed by atoms with E-state index in [1.807, 2.05) is 36.4 Å². The first-order valence-electron chi connectivity index (χ1n) is 8.40. The molecule has 2 rings (SSSR count). The Labute approximate surface area is 177 Å². The Kier molecular flexibility index (Phi) is 8.66. The minimum absolute atomic E-state index is 0.129. The number of halogens is 1. The molecule has 0 aliphatic carbocycles. The molecular formula is C20H22BrNO5S. The van der Waals surface area contributed by atoms with E-state index in [1.165, 1.54) is 23.8 Å². The van der Waals surface area contributed by atoms with Crippen LogP contribution in [-0.4, -0.2) is 50.4 Å². The zero-order valence-corrected chi connectivity index (χ0v) is 18.3. The van der Waals surface area contributed by atoms with Gasteiger partial charge in [-0.1, -0.05) is 15.9 Å². The summed E-state index contributed by atoms with van der Waals surface area (Å²) >= 11 is 4.80. The highest BCUT2D eigenvalue weighted by atomic mass is 79.9. The maximum atomic E-state index is 12.8. The van der Waals surface area contributed by atoms with Gasteiger partial charge in [-0.25, -0.2) is 0 Å². The lowest BCUT2D eigenvalue weighted by Gasteiger charge is -2.22. The van der Waals surface area contributed by atoms with E-state index in [0.29, 0.717) is 11.5 Å². The summed E-state index contributed by atoms with van der Waals surface area (Å²) in [7, 11) is 4.42. The van der Waals surface area contributed by atoms with Gasteiger partial charge in [0, 0.05) is 22.0 Å². The summed E-state index contributed by atoms with van der Waals surface area (Å²) in [4.78, 5) is 27.0. The fourth-order valence-corrected chi connectivity index (χ4v) is 3.46. The number of methoxy groups -OCH3 is 3. The van der Waals surface area contributed by atoms with Crippen LogP contribution in [0.15, 0.2) is 51.8 Å². The van der Waals surface area contributed by atoms with Gasteiger partial charge in [-0.2, -0.15) is 0 Å². The maximum absolute atomic E-state index is 12.8. The van der Waals surface area contributed by atoms with Crippen molar-refractivity contribution in [3.8, 4) is 11.5 Å². The van der Waals surface area contributed by atoms with Crippen LogP contribution in [0.1, 0.15) is 5.56 Å². The average molecular weight is 468 g/mol. The van der Waals surface area contributed by atoms with E-state index in [4.69, 9.17) is 14.2 Å². The summed E-state index contributed by atoms with van der Waals surface area (Å²) < 4.78 is 16.3. The molecule has 6 nitrogen and oxygen atoms in total. The van der Waals surface area contributed by atoms with Crippen LogP contribution in [0.3, 0.4) is 0 Å². The van der Waals surface area contributed by atoms with E-state index in [1.54, 1.807) is 20.3 Å². The summed E-state index contributed by atoms with van der Waals surface area (Å²) in [5, 5.41) is 0. The van der Waals surface area contributed by atoms with Crippen LogP contribution >= 0.6 is 27.7 Å². The van der Waals surface area contributed by atoms with Gasteiger partial charge in [-0.3, -0.25) is 9.59 Å². The van der Waals surface area contributed by atoms with Crippen molar-refractivity contribution in [2.75, 3.05) is 33.6 Å². The number of carbonyl (C=O) groups excluding carboxylic acids is 2. The molecule has 0 heterocycles. The molecule has 0 unspecified atom stereocenters. The van der Waals surface area contributed by atoms with Crippen molar-refractivity contribution >= 4 is 39.6 Å². The molecule has 1 amide bonds. The molecule has 0 fully saturated rings. The van der Waals surface area contributed by atoms with Crippen LogP contribution in [0.2, 0.25) is 0 Å². The molecule has 2 aromatic rings. The van der Waals surface area contributed by atoms with Gasteiger partial charge >= 0.3 is 5.97 Å². The fourth-order valence-electron chi connectivity index (χ4n) is 2.40. The Hall–Kier alpha value is -2.19. The number of hydrogen-bond donors (Lipinski definition) is 0. The Morgan fingerprint density at radius 1 is 1.00 bits per heavy atom. The third-order valence-corrected chi connectivity index (χ3v) is 5.39. The van der Waals surface area contributed by atoms with E-state index in [-0.39, 0.29) is 24.7 Å². The standard InChI is InChI=1S/C20H22BrNO5S/c1-25-16-8-14(9-17(10-16)26-2)11-22(12-20(24)27-3)19(23)13-28-18-6-4-15(21)5-7-18/h4-10H,11-13H2,1-3H3. The number of benzene rings is 2. The molecule has 0 bridgehead atoms. The minimum Gasteiger partial charge on any atom is -0.497 e. The fraction of sp³-hybridized carbons (Fsp3) is 0.300. The third kappa shape index (κ3) is 6.76. The molecular weight excluding hydrogens is 446 g/mol. The van der Waals surface area contributed by atoms with Crippen LogP contribution in [0, 0.1) is 0 Å². The first kappa shape index (κ1) is 22.1. The predicted octanol–water partition coefficient (Wildman–Crippen LogP) is 3.76. The first-order chi connectivity index (χ1) is 13.4. The van der Waals surface area contributed by atoms with Crippen molar-refractivity contribution in [1.29, 1.82) is 0 Å². The summed E-state index contributed by atoms with van der Waals surface area (Å²) in [5.74, 6) is 0.796. The quantitative estimate of drug-likeness (QED) is 0.413. The van der Waals surface area contributed by atoms with Crippen molar-refractivity contribution < 1.29 is 23.8 Å². The molecule has 8 heteroatoms. The first-order valence-corrected chi connectivity index (χ1v) is 10.2. The lowest BCUT2D eigenvalue weighted by molar-refractivity contribution is -0.146. The van der Waals surface area contributed by atoms with Crippen LogP contribution in [0.5, 0.6) is 11.5 Å². The Balaban J connectivity index is 2.13. The number of carbonyl (C=O) groups is 2. The second-order valence-corrected chi connectivity index (χ2v) is 7.75. The van der Waals surface area contributed by atoms with Gasteiger partial charge in [0.05, 0.1) is 27.1 Å². The van der Waals surface area contributed by atoms with Crippen molar-refractivity contribution in [3.05, 3.63) is 52.5 Å². The van der Waals surface area contributed by atoms with Gasteiger partial charge < -0.3 is 19.1 Å². The number of rotatable bonds is 9. The summed E-state index contributed by atoms with van der Waals surface area (Å²) in [6, 6.07) is 13.1. The number of thioether (sulfide) groups is 1. The maximum Gasteiger partial charge on any atom is 0.325 e. The molecule has 150 valence electrons. The third-order valence-electron chi connectivity index (χ3n) is 3.86. The molecule has 0 aromatic heterocycles. The van der Waals surface area contributed by atoms with Crippen LogP contribution in [0.25, 0.3) is 0 Å². The summed E-state index contributed by atoms with van der Waals surface area (Å²) in [5.41, 5.74) is 0.794. The Morgan fingerprint density at radius 2 is 1.61 bits per heavy atom. The number of nitrogens with zero attached hydrogens (tertiary/aromatic N) is 1. The van der Waals surface area contributed by atoms with Crippen molar-refractivity contribution in [2.45, 2.75) is 11.4 Å². The molecule has 0 saturated heterocycles. The van der Waals surface area contributed by atoms with Crippen molar-refractivity contribution in [2.24, 2.45) is 0 Å². The predicted molar refractivity (Wildman–Crippen MR) is 112 cm³/mol. The van der Waals surface area contributed by atoms with Crippen LogP contribution in [-0.2, 0) is 20.9 Å². The molecule has 28 heavy (non-hydrogen) atoms. The second-order valence-electron chi connectivity index (χ2n) is 5.79.